The third-order valence-corrected chi connectivity index (χ3v) is 3.11. The van der Waals surface area contributed by atoms with Crippen LogP contribution < -0.4 is 5.32 Å². The highest BCUT2D eigenvalue weighted by Crippen LogP contribution is 2.22. The zero-order valence-electron chi connectivity index (χ0n) is 9.29. The largest absolute Gasteiger partial charge is 0.508 e. The number of aryl methyl sites for hydroxylation is 1. The SMILES string of the molecule is Cc1ccc(O)c(CC2CCCCN2)c1. The van der Waals surface area contributed by atoms with E-state index in [9.17, 15) is 5.11 Å². The molecule has 2 heteroatoms. The number of phenols is 1. The Kier molecular flexibility index (Phi) is 3.27. The monoisotopic (exact) mass is 205 g/mol. The Labute approximate surface area is 91.3 Å². The van der Waals surface area contributed by atoms with Crippen molar-refractivity contribution < 1.29 is 5.11 Å². The van der Waals surface area contributed by atoms with Crippen LogP contribution in [0, 0.1) is 6.92 Å². The topological polar surface area (TPSA) is 32.3 Å². The second kappa shape index (κ2) is 4.67. The van der Waals surface area contributed by atoms with Crippen molar-refractivity contribution in [3.8, 4) is 5.75 Å². The second-order valence-corrected chi connectivity index (χ2v) is 4.48. The van der Waals surface area contributed by atoms with E-state index in [4.69, 9.17) is 0 Å². The van der Waals surface area contributed by atoms with Gasteiger partial charge in [0.15, 0.2) is 0 Å². The number of aromatic hydroxyl groups is 1. The maximum Gasteiger partial charge on any atom is 0.118 e. The number of phenolic OH excluding ortho intramolecular Hbond substituents is 1. The van der Waals surface area contributed by atoms with E-state index in [2.05, 4.69) is 18.3 Å². The van der Waals surface area contributed by atoms with Crippen LogP contribution in [-0.4, -0.2) is 17.7 Å². The molecule has 1 atom stereocenters. The number of benzene rings is 1. The summed E-state index contributed by atoms with van der Waals surface area (Å²) in [5, 5.41) is 13.2. The quantitative estimate of drug-likeness (QED) is 0.777. The van der Waals surface area contributed by atoms with Gasteiger partial charge in [-0.25, -0.2) is 0 Å². The highest BCUT2D eigenvalue weighted by molar-refractivity contribution is 5.36. The summed E-state index contributed by atoms with van der Waals surface area (Å²) in [7, 11) is 0. The standard InChI is InChI=1S/C13H19NO/c1-10-5-6-13(15)11(8-10)9-12-4-2-3-7-14-12/h5-6,8,12,14-15H,2-4,7,9H2,1H3. The molecule has 1 aromatic rings. The average molecular weight is 205 g/mol. The van der Waals surface area contributed by atoms with Crippen LogP contribution in [0.3, 0.4) is 0 Å². The molecule has 2 nitrogen and oxygen atoms in total. The summed E-state index contributed by atoms with van der Waals surface area (Å²) in [4.78, 5) is 0. The third-order valence-electron chi connectivity index (χ3n) is 3.11. The van der Waals surface area contributed by atoms with E-state index in [1.54, 1.807) is 6.07 Å². The van der Waals surface area contributed by atoms with Crippen LogP contribution in [0.2, 0.25) is 0 Å². The molecule has 0 aliphatic carbocycles. The molecule has 1 aliphatic rings. The summed E-state index contributed by atoms with van der Waals surface area (Å²) in [6.07, 6.45) is 4.78. The van der Waals surface area contributed by atoms with E-state index in [1.807, 2.05) is 6.07 Å². The lowest BCUT2D eigenvalue weighted by Gasteiger charge is -2.23. The Bertz CT molecular complexity index is 329. The van der Waals surface area contributed by atoms with E-state index in [0.29, 0.717) is 11.8 Å². The fourth-order valence-corrected chi connectivity index (χ4v) is 2.24. The first-order chi connectivity index (χ1) is 7.25. The summed E-state index contributed by atoms with van der Waals surface area (Å²) < 4.78 is 0. The summed E-state index contributed by atoms with van der Waals surface area (Å²) in [5.41, 5.74) is 2.30. The molecule has 15 heavy (non-hydrogen) atoms. The van der Waals surface area contributed by atoms with Crippen molar-refractivity contribution in [3.05, 3.63) is 29.3 Å². The maximum atomic E-state index is 9.74. The molecule has 1 heterocycles. The van der Waals surface area contributed by atoms with Gasteiger partial charge in [0.25, 0.3) is 0 Å². The second-order valence-electron chi connectivity index (χ2n) is 4.48. The Morgan fingerprint density at radius 2 is 2.27 bits per heavy atom. The minimum Gasteiger partial charge on any atom is -0.508 e. The van der Waals surface area contributed by atoms with Gasteiger partial charge in [-0.15, -0.1) is 0 Å². The smallest absolute Gasteiger partial charge is 0.118 e. The average Bonchev–Trinajstić information content (AvgIpc) is 2.25. The van der Waals surface area contributed by atoms with Crippen molar-refractivity contribution in [2.45, 2.75) is 38.6 Å². The molecule has 0 spiro atoms. The molecule has 0 bridgehead atoms. The molecule has 1 unspecified atom stereocenters. The zero-order valence-corrected chi connectivity index (χ0v) is 9.29. The van der Waals surface area contributed by atoms with Crippen LogP contribution in [0.25, 0.3) is 0 Å². The molecule has 0 radical (unpaired) electrons. The van der Waals surface area contributed by atoms with E-state index in [0.717, 1.165) is 18.5 Å². The number of hydrogen-bond donors (Lipinski definition) is 2. The van der Waals surface area contributed by atoms with Crippen molar-refractivity contribution in [2.24, 2.45) is 0 Å². The first kappa shape index (κ1) is 10.5. The predicted octanol–water partition coefficient (Wildman–Crippen LogP) is 2.39. The normalized spacial score (nSPS) is 21.5. The van der Waals surface area contributed by atoms with E-state index in [1.165, 1.54) is 24.8 Å². The van der Waals surface area contributed by atoms with Gasteiger partial charge >= 0.3 is 0 Å². The van der Waals surface area contributed by atoms with Gasteiger partial charge in [0.05, 0.1) is 0 Å². The van der Waals surface area contributed by atoms with Crippen molar-refractivity contribution in [1.82, 2.24) is 5.32 Å². The number of hydrogen-bond acceptors (Lipinski definition) is 2. The highest BCUT2D eigenvalue weighted by atomic mass is 16.3. The minimum atomic E-state index is 0.438. The van der Waals surface area contributed by atoms with Gasteiger partial charge in [-0.2, -0.15) is 0 Å². The lowest BCUT2D eigenvalue weighted by Crippen LogP contribution is -2.35. The molecule has 0 saturated carbocycles. The van der Waals surface area contributed by atoms with Crippen LogP contribution in [-0.2, 0) is 6.42 Å². The van der Waals surface area contributed by atoms with Gasteiger partial charge in [-0.05, 0) is 44.4 Å². The number of nitrogens with one attached hydrogen (secondary N) is 1. The van der Waals surface area contributed by atoms with Crippen molar-refractivity contribution >= 4 is 0 Å². The van der Waals surface area contributed by atoms with Crippen LogP contribution >= 0.6 is 0 Å². The first-order valence-corrected chi connectivity index (χ1v) is 5.77. The minimum absolute atomic E-state index is 0.438. The molecule has 1 fully saturated rings. The lowest BCUT2D eigenvalue weighted by atomic mass is 9.96. The van der Waals surface area contributed by atoms with E-state index < -0.39 is 0 Å². The van der Waals surface area contributed by atoms with Gasteiger partial charge in [0.2, 0.25) is 0 Å². The van der Waals surface area contributed by atoms with Gasteiger partial charge < -0.3 is 10.4 Å². The lowest BCUT2D eigenvalue weighted by molar-refractivity contribution is 0.391. The van der Waals surface area contributed by atoms with Gasteiger partial charge in [0, 0.05) is 6.04 Å². The van der Waals surface area contributed by atoms with Gasteiger partial charge in [-0.3, -0.25) is 0 Å². The van der Waals surface area contributed by atoms with Crippen LogP contribution in [0.15, 0.2) is 18.2 Å². The Morgan fingerprint density at radius 1 is 1.40 bits per heavy atom. The van der Waals surface area contributed by atoms with Gasteiger partial charge in [0.1, 0.15) is 5.75 Å². The van der Waals surface area contributed by atoms with Gasteiger partial charge in [-0.1, -0.05) is 24.1 Å². The van der Waals surface area contributed by atoms with Crippen molar-refractivity contribution in [2.75, 3.05) is 6.54 Å². The number of rotatable bonds is 2. The Morgan fingerprint density at radius 3 is 3.00 bits per heavy atom. The van der Waals surface area contributed by atoms with Crippen molar-refractivity contribution in [3.63, 3.8) is 0 Å². The summed E-state index contributed by atoms with van der Waals surface area (Å²) in [6.45, 7) is 3.19. The zero-order chi connectivity index (χ0) is 10.7. The Hall–Kier alpha value is -1.02. The highest BCUT2D eigenvalue weighted by Gasteiger charge is 2.14. The van der Waals surface area contributed by atoms with E-state index >= 15 is 0 Å². The summed E-state index contributed by atoms with van der Waals surface area (Å²) in [5.74, 6) is 0.438. The van der Waals surface area contributed by atoms with Crippen LogP contribution in [0.1, 0.15) is 30.4 Å². The third kappa shape index (κ3) is 2.72. The molecule has 1 aliphatic heterocycles. The molecule has 82 valence electrons. The predicted molar refractivity (Wildman–Crippen MR) is 62.2 cm³/mol. The Balaban J connectivity index is 2.05. The molecule has 2 N–H and O–H groups in total. The number of piperidine rings is 1. The van der Waals surface area contributed by atoms with Crippen LogP contribution in [0.5, 0.6) is 5.75 Å². The molecule has 1 saturated heterocycles. The summed E-state index contributed by atoms with van der Waals surface area (Å²) in [6, 6.07) is 6.39. The molecule has 1 aromatic carbocycles. The molecule has 2 rings (SSSR count). The molecule has 0 amide bonds. The molecular formula is C13H19NO. The summed E-state index contributed by atoms with van der Waals surface area (Å²) >= 11 is 0. The fraction of sp³-hybridized carbons (Fsp3) is 0.538. The van der Waals surface area contributed by atoms with Crippen LogP contribution in [0.4, 0.5) is 0 Å². The van der Waals surface area contributed by atoms with E-state index in [-0.39, 0.29) is 0 Å². The fourth-order valence-electron chi connectivity index (χ4n) is 2.24. The molecular weight excluding hydrogens is 186 g/mol. The maximum absolute atomic E-state index is 9.74. The first-order valence-electron chi connectivity index (χ1n) is 5.77. The van der Waals surface area contributed by atoms with Crippen molar-refractivity contribution in [1.29, 1.82) is 0 Å². The molecule has 0 aromatic heterocycles.